The van der Waals surface area contributed by atoms with Gasteiger partial charge < -0.3 is 20.3 Å². The van der Waals surface area contributed by atoms with Crippen LogP contribution in [0, 0.1) is 0 Å². The third kappa shape index (κ3) is 7.25. The van der Waals surface area contributed by atoms with Gasteiger partial charge in [-0.2, -0.15) is 0 Å². The maximum Gasteiger partial charge on any atom is 0.338 e. The molecular formula is C22H31N3O4. The monoisotopic (exact) mass is 401 g/mol. The van der Waals surface area contributed by atoms with E-state index < -0.39 is 5.97 Å². The number of carbonyl (C=O) groups is 3. The smallest absolute Gasteiger partial charge is 0.338 e. The summed E-state index contributed by atoms with van der Waals surface area (Å²) < 4.78 is 5.21. The van der Waals surface area contributed by atoms with Crippen molar-refractivity contribution in [2.75, 3.05) is 13.2 Å². The second-order valence-electron chi connectivity index (χ2n) is 7.33. The molecule has 0 spiro atoms. The van der Waals surface area contributed by atoms with Crippen LogP contribution in [0.2, 0.25) is 0 Å². The van der Waals surface area contributed by atoms with E-state index in [9.17, 15) is 14.4 Å². The Kier molecular flexibility index (Phi) is 8.70. The number of ether oxygens (including phenoxy) is 1. The standard InChI is InChI=1S/C22H31N3O4/c1-4-25(19-8-6-5-7-9-19)20(26)15-29-21(27)18-12-10-17(11-13-18)14-23-22(28)24-16(2)3/h8,10-13,16H,4-7,9,14-15H2,1-3H3,(H2,23,24,28). The Bertz CT molecular complexity index is 741. The predicted octanol–water partition coefficient (Wildman–Crippen LogP) is 3.36. The van der Waals surface area contributed by atoms with Crippen LogP contribution in [0.25, 0.3) is 0 Å². The Morgan fingerprint density at radius 2 is 1.86 bits per heavy atom. The number of likely N-dealkylation sites (N-methyl/N-ethyl adjacent to an activating group) is 1. The highest BCUT2D eigenvalue weighted by Crippen LogP contribution is 2.21. The maximum atomic E-state index is 12.5. The van der Waals surface area contributed by atoms with Crippen LogP contribution in [0.15, 0.2) is 36.0 Å². The lowest BCUT2D eigenvalue weighted by atomic mass is 10.0. The van der Waals surface area contributed by atoms with Crippen molar-refractivity contribution in [2.24, 2.45) is 0 Å². The minimum atomic E-state index is -0.538. The molecule has 1 aliphatic carbocycles. The van der Waals surface area contributed by atoms with Gasteiger partial charge in [0.25, 0.3) is 5.91 Å². The third-order valence-electron chi connectivity index (χ3n) is 4.62. The summed E-state index contributed by atoms with van der Waals surface area (Å²) in [5.74, 6) is -0.741. The predicted molar refractivity (Wildman–Crippen MR) is 111 cm³/mol. The number of urea groups is 1. The number of amides is 3. The van der Waals surface area contributed by atoms with Crippen LogP contribution in [0.4, 0.5) is 4.79 Å². The number of hydrogen-bond donors (Lipinski definition) is 2. The quantitative estimate of drug-likeness (QED) is 0.654. The van der Waals surface area contributed by atoms with Crippen molar-refractivity contribution < 1.29 is 19.1 Å². The van der Waals surface area contributed by atoms with E-state index in [1.165, 1.54) is 0 Å². The minimum Gasteiger partial charge on any atom is -0.452 e. The molecular weight excluding hydrogens is 370 g/mol. The van der Waals surface area contributed by atoms with Crippen LogP contribution < -0.4 is 10.6 Å². The highest BCUT2D eigenvalue weighted by Gasteiger charge is 2.19. The first-order chi connectivity index (χ1) is 13.9. The van der Waals surface area contributed by atoms with Gasteiger partial charge in [0, 0.05) is 24.8 Å². The highest BCUT2D eigenvalue weighted by atomic mass is 16.5. The zero-order chi connectivity index (χ0) is 21.2. The van der Waals surface area contributed by atoms with Gasteiger partial charge in [0.2, 0.25) is 0 Å². The molecule has 1 aromatic rings. The van der Waals surface area contributed by atoms with E-state index in [1.54, 1.807) is 29.2 Å². The molecule has 2 N–H and O–H groups in total. The van der Waals surface area contributed by atoms with Gasteiger partial charge in [-0.1, -0.05) is 18.2 Å². The van der Waals surface area contributed by atoms with E-state index in [0.717, 1.165) is 36.9 Å². The second-order valence-corrected chi connectivity index (χ2v) is 7.33. The number of hydrogen-bond acceptors (Lipinski definition) is 4. The van der Waals surface area contributed by atoms with Crippen molar-refractivity contribution in [3.63, 3.8) is 0 Å². The molecule has 1 aliphatic rings. The first kappa shape index (κ1) is 22.5. The van der Waals surface area contributed by atoms with Crippen LogP contribution in [-0.2, 0) is 16.1 Å². The number of nitrogens with zero attached hydrogens (tertiary/aromatic N) is 1. The molecule has 0 radical (unpaired) electrons. The molecule has 7 heteroatoms. The summed E-state index contributed by atoms with van der Waals surface area (Å²) in [6.07, 6.45) is 6.20. The Balaban J connectivity index is 1.83. The van der Waals surface area contributed by atoms with E-state index in [2.05, 4.69) is 16.7 Å². The molecule has 158 valence electrons. The molecule has 0 aromatic heterocycles. The third-order valence-corrected chi connectivity index (χ3v) is 4.62. The molecule has 0 atom stereocenters. The van der Waals surface area contributed by atoms with Crippen LogP contribution in [-0.4, -0.2) is 42.0 Å². The number of allylic oxidation sites excluding steroid dienone is 2. The van der Waals surface area contributed by atoms with Gasteiger partial charge in [0.05, 0.1) is 5.56 Å². The molecule has 2 rings (SSSR count). The molecule has 0 saturated heterocycles. The van der Waals surface area contributed by atoms with Gasteiger partial charge in [-0.3, -0.25) is 4.79 Å². The fourth-order valence-electron chi connectivity index (χ4n) is 3.15. The van der Waals surface area contributed by atoms with Crippen molar-refractivity contribution in [1.29, 1.82) is 0 Å². The summed E-state index contributed by atoms with van der Waals surface area (Å²) >= 11 is 0. The van der Waals surface area contributed by atoms with Gasteiger partial charge in [-0.25, -0.2) is 9.59 Å². The largest absolute Gasteiger partial charge is 0.452 e. The Morgan fingerprint density at radius 3 is 2.45 bits per heavy atom. The summed E-state index contributed by atoms with van der Waals surface area (Å²) in [5.41, 5.74) is 2.25. The van der Waals surface area contributed by atoms with Gasteiger partial charge in [-0.15, -0.1) is 0 Å². The topological polar surface area (TPSA) is 87.7 Å². The fraction of sp³-hybridized carbons (Fsp3) is 0.500. The van der Waals surface area contributed by atoms with Crippen molar-refractivity contribution in [3.8, 4) is 0 Å². The zero-order valence-electron chi connectivity index (χ0n) is 17.5. The fourth-order valence-corrected chi connectivity index (χ4v) is 3.15. The minimum absolute atomic E-state index is 0.0629. The Morgan fingerprint density at radius 1 is 1.14 bits per heavy atom. The lowest BCUT2D eigenvalue weighted by Gasteiger charge is -2.26. The average molecular weight is 402 g/mol. The number of esters is 1. The molecule has 0 heterocycles. The van der Waals surface area contributed by atoms with Crippen molar-refractivity contribution in [3.05, 3.63) is 47.2 Å². The van der Waals surface area contributed by atoms with E-state index >= 15 is 0 Å². The average Bonchev–Trinajstić information content (AvgIpc) is 2.71. The molecule has 29 heavy (non-hydrogen) atoms. The van der Waals surface area contributed by atoms with Crippen LogP contribution in [0.3, 0.4) is 0 Å². The van der Waals surface area contributed by atoms with Crippen molar-refractivity contribution in [2.45, 2.75) is 59.0 Å². The van der Waals surface area contributed by atoms with Crippen molar-refractivity contribution in [1.82, 2.24) is 15.5 Å². The molecule has 1 aromatic carbocycles. The first-order valence-electron chi connectivity index (χ1n) is 10.2. The number of carbonyl (C=O) groups excluding carboxylic acids is 3. The normalized spacial score (nSPS) is 13.4. The number of nitrogens with one attached hydrogen (secondary N) is 2. The first-order valence-corrected chi connectivity index (χ1v) is 10.2. The number of rotatable bonds is 8. The van der Waals surface area contributed by atoms with Crippen molar-refractivity contribution >= 4 is 17.9 Å². The molecule has 3 amide bonds. The molecule has 0 fully saturated rings. The second kappa shape index (κ2) is 11.2. The zero-order valence-corrected chi connectivity index (χ0v) is 17.5. The summed E-state index contributed by atoms with van der Waals surface area (Å²) in [6, 6.07) is 6.58. The summed E-state index contributed by atoms with van der Waals surface area (Å²) in [5, 5.41) is 5.49. The number of benzene rings is 1. The van der Waals surface area contributed by atoms with Gasteiger partial charge in [0.1, 0.15) is 0 Å². The SMILES string of the molecule is CCN(C(=O)COC(=O)c1ccc(CNC(=O)NC(C)C)cc1)C1=CCCCC1. The molecule has 0 unspecified atom stereocenters. The Labute approximate surface area is 172 Å². The van der Waals surface area contributed by atoms with E-state index in [-0.39, 0.29) is 24.6 Å². The van der Waals surface area contributed by atoms with E-state index in [0.29, 0.717) is 18.7 Å². The lowest BCUT2D eigenvalue weighted by Crippen LogP contribution is -2.39. The Hall–Kier alpha value is -2.83. The lowest BCUT2D eigenvalue weighted by molar-refractivity contribution is -0.132. The van der Waals surface area contributed by atoms with Gasteiger partial charge in [0.15, 0.2) is 6.61 Å². The van der Waals surface area contributed by atoms with Gasteiger partial charge >= 0.3 is 12.0 Å². The molecule has 0 saturated carbocycles. The van der Waals surface area contributed by atoms with Crippen LogP contribution >= 0.6 is 0 Å². The summed E-state index contributed by atoms with van der Waals surface area (Å²) in [7, 11) is 0. The van der Waals surface area contributed by atoms with Gasteiger partial charge in [-0.05, 0) is 64.2 Å². The summed E-state index contributed by atoms with van der Waals surface area (Å²) in [6.45, 7) is 6.33. The van der Waals surface area contributed by atoms with Crippen LogP contribution in [0.5, 0.6) is 0 Å². The summed E-state index contributed by atoms with van der Waals surface area (Å²) in [4.78, 5) is 38.0. The van der Waals surface area contributed by atoms with Crippen LogP contribution in [0.1, 0.15) is 62.4 Å². The molecule has 0 aliphatic heterocycles. The van der Waals surface area contributed by atoms with E-state index in [1.807, 2.05) is 20.8 Å². The highest BCUT2D eigenvalue weighted by molar-refractivity contribution is 5.91. The maximum absolute atomic E-state index is 12.5. The molecule has 7 nitrogen and oxygen atoms in total. The van der Waals surface area contributed by atoms with E-state index in [4.69, 9.17) is 4.74 Å². The molecule has 0 bridgehead atoms.